The fourth-order valence-corrected chi connectivity index (χ4v) is 2.62. The first-order chi connectivity index (χ1) is 8.54. The molecule has 0 radical (unpaired) electrons. The van der Waals surface area contributed by atoms with Crippen LogP contribution in [0, 0.1) is 13.8 Å². The minimum absolute atomic E-state index is 0.650. The van der Waals surface area contributed by atoms with E-state index < -0.39 is 0 Å². The number of hydrogen-bond acceptors (Lipinski definition) is 2. The van der Waals surface area contributed by atoms with Crippen LogP contribution >= 0.6 is 15.9 Å². The van der Waals surface area contributed by atoms with Crippen molar-refractivity contribution in [3.63, 3.8) is 0 Å². The summed E-state index contributed by atoms with van der Waals surface area (Å²) in [6.07, 6.45) is 0.863. The van der Waals surface area contributed by atoms with Gasteiger partial charge in [-0.3, -0.25) is 4.68 Å². The average molecular weight is 308 g/mol. The van der Waals surface area contributed by atoms with Gasteiger partial charge in [-0.2, -0.15) is 5.10 Å². The highest BCUT2D eigenvalue weighted by Gasteiger charge is 2.15. The normalized spacial score (nSPS) is 10.9. The lowest BCUT2D eigenvalue weighted by atomic mass is 10.0. The summed E-state index contributed by atoms with van der Waals surface area (Å²) in [6, 6.07) is 6.28. The summed E-state index contributed by atoms with van der Waals surface area (Å²) in [5.74, 6) is 0. The highest BCUT2D eigenvalue weighted by atomic mass is 79.9. The Balaban J connectivity index is 2.57. The van der Waals surface area contributed by atoms with Crippen LogP contribution in [-0.4, -0.2) is 16.3 Å². The molecule has 2 rings (SSSR count). The third kappa shape index (κ3) is 2.35. The van der Waals surface area contributed by atoms with Crippen molar-refractivity contribution in [2.24, 2.45) is 12.8 Å². The first-order valence-corrected chi connectivity index (χ1v) is 6.83. The van der Waals surface area contributed by atoms with E-state index in [4.69, 9.17) is 5.73 Å². The minimum Gasteiger partial charge on any atom is -0.330 e. The van der Waals surface area contributed by atoms with Gasteiger partial charge in [-0.15, -0.1) is 0 Å². The van der Waals surface area contributed by atoms with E-state index in [1.54, 1.807) is 0 Å². The van der Waals surface area contributed by atoms with E-state index in [1.165, 1.54) is 22.4 Å². The highest BCUT2D eigenvalue weighted by molar-refractivity contribution is 9.10. The predicted molar refractivity (Wildman–Crippen MR) is 78.6 cm³/mol. The highest BCUT2D eigenvalue weighted by Crippen LogP contribution is 2.29. The number of halogens is 1. The van der Waals surface area contributed by atoms with Crippen LogP contribution in [0.1, 0.15) is 16.8 Å². The van der Waals surface area contributed by atoms with Crippen LogP contribution < -0.4 is 5.73 Å². The minimum atomic E-state index is 0.650. The summed E-state index contributed by atoms with van der Waals surface area (Å²) in [6.45, 7) is 4.88. The molecular formula is C14H18BrN3. The maximum absolute atomic E-state index is 5.65. The molecule has 1 aromatic carbocycles. The lowest BCUT2D eigenvalue weighted by Crippen LogP contribution is -2.08. The van der Waals surface area contributed by atoms with Crippen molar-refractivity contribution >= 4 is 15.9 Å². The molecule has 0 atom stereocenters. The Morgan fingerprint density at radius 3 is 2.72 bits per heavy atom. The maximum Gasteiger partial charge on any atom is 0.0958 e. The summed E-state index contributed by atoms with van der Waals surface area (Å²) in [4.78, 5) is 0. The molecule has 0 amide bonds. The van der Waals surface area contributed by atoms with Gasteiger partial charge in [0.25, 0.3) is 0 Å². The summed E-state index contributed by atoms with van der Waals surface area (Å²) in [5, 5.41) is 4.64. The zero-order valence-electron chi connectivity index (χ0n) is 11.0. The van der Waals surface area contributed by atoms with Gasteiger partial charge in [0.1, 0.15) is 0 Å². The Bertz CT molecular complexity index is 573. The molecule has 0 aliphatic carbocycles. The Morgan fingerprint density at radius 2 is 2.06 bits per heavy atom. The lowest BCUT2D eigenvalue weighted by Gasteiger charge is -2.05. The van der Waals surface area contributed by atoms with E-state index in [0.29, 0.717) is 6.54 Å². The Morgan fingerprint density at radius 1 is 1.33 bits per heavy atom. The van der Waals surface area contributed by atoms with Crippen LogP contribution in [0.5, 0.6) is 0 Å². The third-order valence-corrected chi connectivity index (χ3v) is 3.76. The standard InChI is InChI=1S/C14H18BrN3/c1-9-4-5-11(15)8-12(9)14-10(2)13(6-7-16)18(3)17-14/h4-5,8H,6-7,16H2,1-3H3. The second-order valence-corrected chi connectivity index (χ2v) is 5.46. The van der Waals surface area contributed by atoms with Crippen molar-refractivity contribution in [3.8, 4) is 11.3 Å². The number of aryl methyl sites for hydroxylation is 2. The number of nitrogens with zero attached hydrogens (tertiary/aromatic N) is 2. The number of benzene rings is 1. The van der Waals surface area contributed by atoms with Crippen LogP contribution in [0.25, 0.3) is 11.3 Å². The number of aromatic nitrogens is 2. The quantitative estimate of drug-likeness (QED) is 0.947. The molecule has 4 heteroatoms. The van der Waals surface area contributed by atoms with Crippen molar-refractivity contribution in [1.29, 1.82) is 0 Å². The molecule has 2 N–H and O–H groups in total. The van der Waals surface area contributed by atoms with Gasteiger partial charge >= 0.3 is 0 Å². The SMILES string of the molecule is Cc1ccc(Br)cc1-c1nn(C)c(CCN)c1C. The van der Waals surface area contributed by atoms with Gasteiger partial charge in [0.2, 0.25) is 0 Å². The molecule has 1 aromatic heterocycles. The number of nitrogens with two attached hydrogens (primary N) is 1. The molecule has 0 bridgehead atoms. The van der Waals surface area contributed by atoms with Gasteiger partial charge in [0, 0.05) is 29.2 Å². The van der Waals surface area contributed by atoms with Gasteiger partial charge in [-0.1, -0.05) is 22.0 Å². The first-order valence-electron chi connectivity index (χ1n) is 6.03. The number of rotatable bonds is 3. The molecule has 3 nitrogen and oxygen atoms in total. The molecule has 0 aliphatic heterocycles. The van der Waals surface area contributed by atoms with E-state index in [0.717, 1.165) is 16.6 Å². The largest absolute Gasteiger partial charge is 0.330 e. The topological polar surface area (TPSA) is 43.8 Å². The molecular weight excluding hydrogens is 290 g/mol. The van der Waals surface area contributed by atoms with Crippen molar-refractivity contribution in [1.82, 2.24) is 9.78 Å². The summed E-state index contributed by atoms with van der Waals surface area (Å²) >= 11 is 3.52. The molecule has 96 valence electrons. The zero-order valence-corrected chi connectivity index (χ0v) is 12.6. The first kappa shape index (κ1) is 13.3. The summed E-state index contributed by atoms with van der Waals surface area (Å²) in [7, 11) is 1.98. The van der Waals surface area contributed by atoms with Gasteiger partial charge in [0.05, 0.1) is 5.69 Å². The lowest BCUT2D eigenvalue weighted by molar-refractivity contribution is 0.706. The van der Waals surface area contributed by atoms with Crippen molar-refractivity contribution in [3.05, 3.63) is 39.5 Å². The molecule has 0 saturated carbocycles. The van der Waals surface area contributed by atoms with Crippen LogP contribution in [0.2, 0.25) is 0 Å². The van der Waals surface area contributed by atoms with Crippen molar-refractivity contribution < 1.29 is 0 Å². The second kappa shape index (κ2) is 5.24. The molecule has 0 fully saturated rings. The van der Waals surface area contributed by atoms with E-state index in [-0.39, 0.29) is 0 Å². The second-order valence-electron chi connectivity index (χ2n) is 4.54. The van der Waals surface area contributed by atoms with Crippen molar-refractivity contribution in [2.45, 2.75) is 20.3 Å². The molecule has 2 aromatic rings. The fourth-order valence-electron chi connectivity index (χ4n) is 2.26. The summed E-state index contributed by atoms with van der Waals surface area (Å²) < 4.78 is 3.02. The van der Waals surface area contributed by atoms with E-state index in [2.05, 4.69) is 53.1 Å². The zero-order chi connectivity index (χ0) is 13.3. The van der Waals surface area contributed by atoms with Gasteiger partial charge in [-0.25, -0.2) is 0 Å². The smallest absolute Gasteiger partial charge is 0.0958 e. The van der Waals surface area contributed by atoms with Crippen LogP contribution in [0.15, 0.2) is 22.7 Å². The van der Waals surface area contributed by atoms with Crippen molar-refractivity contribution in [2.75, 3.05) is 6.54 Å². The van der Waals surface area contributed by atoms with Crippen LogP contribution in [0.4, 0.5) is 0 Å². The fraction of sp³-hybridized carbons (Fsp3) is 0.357. The molecule has 0 aliphatic rings. The molecule has 1 heterocycles. The Labute approximate surface area is 116 Å². The monoisotopic (exact) mass is 307 g/mol. The Kier molecular flexibility index (Phi) is 3.88. The maximum atomic E-state index is 5.65. The molecule has 0 saturated heterocycles. The van der Waals surface area contributed by atoms with E-state index in [9.17, 15) is 0 Å². The predicted octanol–water partition coefficient (Wildman–Crippen LogP) is 2.97. The summed E-state index contributed by atoms with van der Waals surface area (Å²) in [5.41, 5.74) is 11.6. The van der Waals surface area contributed by atoms with E-state index in [1.807, 2.05) is 11.7 Å². The van der Waals surface area contributed by atoms with Crippen LogP contribution in [0.3, 0.4) is 0 Å². The van der Waals surface area contributed by atoms with Gasteiger partial charge in [-0.05, 0) is 43.7 Å². The molecule has 18 heavy (non-hydrogen) atoms. The van der Waals surface area contributed by atoms with Crippen LogP contribution in [-0.2, 0) is 13.5 Å². The molecule has 0 spiro atoms. The van der Waals surface area contributed by atoms with E-state index >= 15 is 0 Å². The average Bonchev–Trinajstić information content (AvgIpc) is 2.61. The van der Waals surface area contributed by atoms with Gasteiger partial charge in [0.15, 0.2) is 0 Å². The Hall–Kier alpha value is -1.13. The molecule has 0 unspecified atom stereocenters. The third-order valence-electron chi connectivity index (χ3n) is 3.26. The number of hydrogen-bond donors (Lipinski definition) is 1. The van der Waals surface area contributed by atoms with Gasteiger partial charge < -0.3 is 5.73 Å².